The van der Waals surface area contributed by atoms with Crippen LogP contribution >= 0.6 is 0 Å². The highest BCUT2D eigenvalue weighted by atomic mass is 32.2. The fourth-order valence-corrected chi connectivity index (χ4v) is 4.38. The lowest BCUT2D eigenvalue weighted by Gasteiger charge is -2.10. The molecule has 0 N–H and O–H groups in total. The van der Waals surface area contributed by atoms with Gasteiger partial charge in [0.05, 0.1) is 15.3 Å². The molecule has 1 aromatic heterocycles. The summed E-state index contributed by atoms with van der Waals surface area (Å²) in [5.74, 6) is 0. The summed E-state index contributed by atoms with van der Waals surface area (Å²) in [5, 5.41) is 13.5. The first-order chi connectivity index (χ1) is 12.9. The molecule has 0 aliphatic carbocycles. The Morgan fingerprint density at radius 3 is 2.33 bits per heavy atom. The summed E-state index contributed by atoms with van der Waals surface area (Å²) in [4.78, 5) is 14.6. The average molecular weight is 378 g/mol. The molecule has 0 aliphatic heterocycles. The third-order valence-corrected chi connectivity index (χ3v) is 6.17. The first-order valence-corrected chi connectivity index (χ1v) is 9.65. The summed E-state index contributed by atoms with van der Waals surface area (Å²) in [6.07, 6.45) is 0. The highest BCUT2D eigenvalue weighted by Crippen LogP contribution is 2.30. The summed E-state index contributed by atoms with van der Waals surface area (Å²) < 4.78 is 26.0. The molecule has 0 unspecified atom stereocenters. The Kier molecular flexibility index (Phi) is 3.89. The first-order valence-electron chi connectivity index (χ1n) is 8.16. The standard InChI is InChI=1S/C20H14N2O4S/c1-13-12-19(27(25,26)16-9-7-15(8-10-16)22(23)24)21-20-17(13)11-6-14-4-2-3-5-18(14)20/h2-12H,1H3. The van der Waals surface area contributed by atoms with Crippen molar-refractivity contribution in [3.8, 4) is 0 Å². The smallest absolute Gasteiger partial charge is 0.258 e. The van der Waals surface area contributed by atoms with E-state index in [9.17, 15) is 18.5 Å². The number of fused-ring (bicyclic) bond motifs is 3. The summed E-state index contributed by atoms with van der Waals surface area (Å²) in [6.45, 7) is 1.84. The number of aryl methyl sites for hydroxylation is 1. The van der Waals surface area contributed by atoms with E-state index in [1.807, 2.05) is 43.3 Å². The maximum absolute atomic E-state index is 13.0. The van der Waals surface area contributed by atoms with Crippen molar-refractivity contribution in [2.24, 2.45) is 0 Å². The van der Waals surface area contributed by atoms with E-state index in [0.717, 1.165) is 21.7 Å². The third-order valence-electron chi connectivity index (χ3n) is 4.52. The molecule has 6 nitrogen and oxygen atoms in total. The second kappa shape index (κ2) is 6.14. The number of hydrogen-bond donors (Lipinski definition) is 0. The number of nitro groups is 1. The Balaban J connectivity index is 1.95. The molecule has 0 amide bonds. The number of sulfone groups is 1. The molecular weight excluding hydrogens is 364 g/mol. The molecule has 0 saturated carbocycles. The Labute approximate surface area is 155 Å². The summed E-state index contributed by atoms with van der Waals surface area (Å²) in [5.41, 5.74) is 1.25. The molecule has 0 spiro atoms. The zero-order valence-electron chi connectivity index (χ0n) is 14.3. The number of non-ortho nitro benzene ring substituents is 1. The fraction of sp³-hybridized carbons (Fsp3) is 0.0500. The van der Waals surface area contributed by atoms with Crippen molar-refractivity contribution in [3.63, 3.8) is 0 Å². The fourth-order valence-electron chi connectivity index (χ4n) is 3.10. The third kappa shape index (κ3) is 2.82. The lowest BCUT2D eigenvalue weighted by Crippen LogP contribution is -2.06. The van der Waals surface area contributed by atoms with Crippen LogP contribution in [0.25, 0.3) is 21.7 Å². The van der Waals surface area contributed by atoms with Crippen molar-refractivity contribution < 1.29 is 13.3 Å². The minimum absolute atomic E-state index is 0.0282. The number of pyridine rings is 1. The van der Waals surface area contributed by atoms with Gasteiger partial charge in [-0.3, -0.25) is 10.1 Å². The van der Waals surface area contributed by atoms with Gasteiger partial charge in [0, 0.05) is 22.9 Å². The van der Waals surface area contributed by atoms with Crippen LogP contribution in [-0.4, -0.2) is 18.3 Å². The number of aromatic nitrogens is 1. The highest BCUT2D eigenvalue weighted by molar-refractivity contribution is 7.91. The molecular formula is C20H14N2O4S. The lowest BCUT2D eigenvalue weighted by atomic mass is 10.0. The number of nitro benzene ring substituents is 1. The molecule has 27 heavy (non-hydrogen) atoms. The molecule has 3 aromatic carbocycles. The average Bonchev–Trinajstić information content (AvgIpc) is 2.67. The van der Waals surface area contributed by atoms with E-state index in [-0.39, 0.29) is 15.6 Å². The minimum Gasteiger partial charge on any atom is -0.258 e. The van der Waals surface area contributed by atoms with Crippen molar-refractivity contribution in [1.82, 2.24) is 4.98 Å². The predicted octanol–water partition coefficient (Wildman–Crippen LogP) is 4.44. The first kappa shape index (κ1) is 17.1. The maximum Gasteiger partial charge on any atom is 0.269 e. The van der Waals surface area contributed by atoms with Gasteiger partial charge >= 0.3 is 0 Å². The molecule has 0 aliphatic rings. The number of hydrogen-bond acceptors (Lipinski definition) is 5. The second-order valence-electron chi connectivity index (χ2n) is 6.21. The van der Waals surface area contributed by atoms with Gasteiger partial charge in [-0.2, -0.15) is 0 Å². The zero-order chi connectivity index (χ0) is 19.2. The predicted molar refractivity (Wildman–Crippen MR) is 103 cm³/mol. The highest BCUT2D eigenvalue weighted by Gasteiger charge is 2.22. The molecule has 0 atom stereocenters. The Morgan fingerprint density at radius 2 is 1.63 bits per heavy atom. The van der Waals surface area contributed by atoms with Crippen LogP contribution in [0.2, 0.25) is 0 Å². The lowest BCUT2D eigenvalue weighted by molar-refractivity contribution is -0.384. The number of benzene rings is 3. The van der Waals surface area contributed by atoms with E-state index < -0.39 is 14.8 Å². The quantitative estimate of drug-likeness (QED) is 0.299. The number of rotatable bonds is 3. The van der Waals surface area contributed by atoms with Gasteiger partial charge in [-0.05, 0) is 36.1 Å². The van der Waals surface area contributed by atoms with Crippen LogP contribution in [0.15, 0.2) is 76.7 Å². The van der Waals surface area contributed by atoms with E-state index in [0.29, 0.717) is 5.52 Å². The zero-order valence-corrected chi connectivity index (χ0v) is 15.1. The van der Waals surface area contributed by atoms with Crippen LogP contribution in [0.3, 0.4) is 0 Å². The van der Waals surface area contributed by atoms with E-state index in [1.165, 1.54) is 30.3 Å². The minimum atomic E-state index is -3.90. The Morgan fingerprint density at radius 1 is 0.926 bits per heavy atom. The van der Waals surface area contributed by atoms with Gasteiger partial charge in [-0.1, -0.05) is 36.4 Å². The Bertz CT molecular complexity index is 1310. The van der Waals surface area contributed by atoms with Crippen molar-refractivity contribution in [2.45, 2.75) is 16.8 Å². The largest absolute Gasteiger partial charge is 0.269 e. The van der Waals surface area contributed by atoms with Gasteiger partial charge in [-0.15, -0.1) is 0 Å². The summed E-state index contributed by atoms with van der Waals surface area (Å²) in [6, 6.07) is 17.9. The normalized spacial score (nSPS) is 11.7. The monoisotopic (exact) mass is 378 g/mol. The molecule has 4 aromatic rings. The molecule has 0 radical (unpaired) electrons. The van der Waals surface area contributed by atoms with Crippen LogP contribution < -0.4 is 0 Å². The topological polar surface area (TPSA) is 90.2 Å². The summed E-state index contributed by atoms with van der Waals surface area (Å²) in [7, 11) is -3.90. The molecule has 134 valence electrons. The van der Waals surface area contributed by atoms with Crippen LogP contribution in [0, 0.1) is 17.0 Å². The van der Waals surface area contributed by atoms with Crippen molar-refractivity contribution in [3.05, 3.63) is 82.4 Å². The van der Waals surface area contributed by atoms with E-state index in [1.54, 1.807) is 0 Å². The van der Waals surface area contributed by atoms with E-state index >= 15 is 0 Å². The van der Waals surface area contributed by atoms with Crippen LogP contribution in [-0.2, 0) is 9.84 Å². The Hall–Kier alpha value is -3.32. The molecule has 1 heterocycles. The van der Waals surface area contributed by atoms with Gasteiger partial charge in [0.25, 0.3) is 5.69 Å². The van der Waals surface area contributed by atoms with Crippen molar-refractivity contribution in [2.75, 3.05) is 0 Å². The SMILES string of the molecule is Cc1cc(S(=O)(=O)c2ccc([N+](=O)[O-])cc2)nc2c1ccc1ccccc12. The van der Waals surface area contributed by atoms with Crippen molar-refractivity contribution >= 4 is 37.2 Å². The van der Waals surface area contributed by atoms with Gasteiger partial charge in [0.1, 0.15) is 0 Å². The molecule has 0 saturated heterocycles. The van der Waals surface area contributed by atoms with Gasteiger partial charge < -0.3 is 0 Å². The van der Waals surface area contributed by atoms with Crippen LogP contribution in [0.4, 0.5) is 5.69 Å². The van der Waals surface area contributed by atoms with Crippen LogP contribution in [0.5, 0.6) is 0 Å². The van der Waals surface area contributed by atoms with Gasteiger partial charge in [0.15, 0.2) is 5.03 Å². The van der Waals surface area contributed by atoms with Crippen molar-refractivity contribution in [1.29, 1.82) is 0 Å². The maximum atomic E-state index is 13.0. The summed E-state index contributed by atoms with van der Waals surface area (Å²) >= 11 is 0. The van der Waals surface area contributed by atoms with E-state index in [2.05, 4.69) is 4.98 Å². The molecule has 0 fully saturated rings. The van der Waals surface area contributed by atoms with Crippen LogP contribution in [0.1, 0.15) is 5.56 Å². The van der Waals surface area contributed by atoms with E-state index in [4.69, 9.17) is 0 Å². The molecule has 7 heteroatoms. The second-order valence-corrected chi connectivity index (χ2v) is 8.11. The molecule has 4 rings (SSSR count). The van der Waals surface area contributed by atoms with Gasteiger partial charge in [-0.25, -0.2) is 13.4 Å². The number of nitrogens with zero attached hydrogens (tertiary/aromatic N) is 2. The van der Waals surface area contributed by atoms with Gasteiger partial charge in [0.2, 0.25) is 9.84 Å². The molecule has 0 bridgehead atoms.